The molecule has 0 aliphatic heterocycles. The van der Waals surface area contributed by atoms with Crippen molar-refractivity contribution >= 4 is 0 Å². The molecule has 1 aliphatic carbocycles. The fourth-order valence-corrected chi connectivity index (χ4v) is 2.82. The van der Waals surface area contributed by atoms with Gasteiger partial charge in [0, 0.05) is 17.2 Å². The van der Waals surface area contributed by atoms with Crippen molar-refractivity contribution < 1.29 is 4.74 Å². The first kappa shape index (κ1) is 11.8. The molecule has 1 unspecified atom stereocenters. The Kier molecular flexibility index (Phi) is 2.96. The van der Waals surface area contributed by atoms with Gasteiger partial charge in [-0.25, -0.2) is 0 Å². The predicted octanol–water partition coefficient (Wildman–Crippen LogP) is 2.76. The molecule has 0 amide bonds. The molecule has 1 heterocycles. The molecule has 0 saturated heterocycles. The third-order valence-corrected chi connectivity index (χ3v) is 3.79. The maximum absolute atomic E-state index is 9.03. The zero-order valence-electron chi connectivity index (χ0n) is 10.8. The maximum atomic E-state index is 9.03. The van der Waals surface area contributed by atoms with Crippen molar-refractivity contribution in [3.63, 3.8) is 0 Å². The van der Waals surface area contributed by atoms with Crippen molar-refractivity contribution in [3.05, 3.63) is 46.8 Å². The third kappa shape index (κ3) is 1.97. The number of nitriles is 1. The topological polar surface area (TPSA) is 61.7 Å². The Morgan fingerprint density at radius 1 is 1.47 bits per heavy atom. The summed E-state index contributed by atoms with van der Waals surface area (Å²) in [5.74, 6) is 1.000. The number of hydrogen-bond donors (Lipinski definition) is 1. The van der Waals surface area contributed by atoms with Gasteiger partial charge in [-0.2, -0.15) is 10.4 Å². The van der Waals surface area contributed by atoms with Gasteiger partial charge in [0.15, 0.2) is 0 Å². The summed E-state index contributed by atoms with van der Waals surface area (Å²) in [7, 11) is 1.60. The molecule has 1 aromatic heterocycles. The summed E-state index contributed by atoms with van der Waals surface area (Å²) in [6.07, 6.45) is 5.26. The Balaban J connectivity index is 2.03. The molecular formula is C15H15N3O. The molecule has 1 N–H and O–H groups in total. The van der Waals surface area contributed by atoms with Crippen molar-refractivity contribution in [2.75, 3.05) is 7.11 Å². The minimum atomic E-state index is 0.351. The maximum Gasteiger partial charge on any atom is 0.136 e. The zero-order chi connectivity index (χ0) is 13.2. The molecule has 1 aromatic carbocycles. The number of aromatic nitrogens is 2. The van der Waals surface area contributed by atoms with Crippen LogP contribution in [0.25, 0.3) is 0 Å². The van der Waals surface area contributed by atoms with Gasteiger partial charge in [-0.1, -0.05) is 6.07 Å². The molecule has 4 heteroatoms. The van der Waals surface area contributed by atoms with Gasteiger partial charge in [0.05, 0.1) is 18.9 Å². The second kappa shape index (κ2) is 4.77. The van der Waals surface area contributed by atoms with Crippen molar-refractivity contribution in [3.8, 4) is 11.8 Å². The number of fused-ring (bicyclic) bond motifs is 1. The molecular weight excluding hydrogens is 238 g/mol. The summed E-state index contributed by atoms with van der Waals surface area (Å²) < 4.78 is 5.29. The molecule has 0 spiro atoms. The van der Waals surface area contributed by atoms with E-state index in [0.29, 0.717) is 17.2 Å². The number of methoxy groups -OCH3 is 1. The number of benzene rings is 1. The van der Waals surface area contributed by atoms with Crippen molar-refractivity contribution in [2.24, 2.45) is 0 Å². The van der Waals surface area contributed by atoms with Gasteiger partial charge in [0.25, 0.3) is 0 Å². The summed E-state index contributed by atoms with van der Waals surface area (Å²) >= 11 is 0. The Morgan fingerprint density at radius 3 is 3.16 bits per heavy atom. The van der Waals surface area contributed by atoms with Crippen LogP contribution in [-0.4, -0.2) is 17.3 Å². The van der Waals surface area contributed by atoms with E-state index in [-0.39, 0.29) is 0 Å². The summed E-state index contributed by atoms with van der Waals surface area (Å²) in [4.78, 5) is 0. The second-order valence-electron chi connectivity index (χ2n) is 4.82. The number of hydrogen-bond acceptors (Lipinski definition) is 3. The van der Waals surface area contributed by atoms with Crippen LogP contribution in [0.4, 0.5) is 0 Å². The summed E-state index contributed by atoms with van der Waals surface area (Å²) in [5, 5.41) is 16.3. The lowest BCUT2D eigenvalue weighted by Crippen LogP contribution is -2.10. The lowest BCUT2D eigenvalue weighted by molar-refractivity contribution is 0.412. The van der Waals surface area contributed by atoms with Crippen LogP contribution in [0.1, 0.15) is 41.1 Å². The zero-order valence-corrected chi connectivity index (χ0v) is 10.8. The summed E-state index contributed by atoms with van der Waals surface area (Å²) in [6, 6.07) is 7.98. The van der Waals surface area contributed by atoms with E-state index in [2.05, 4.69) is 16.3 Å². The van der Waals surface area contributed by atoms with Gasteiger partial charge in [-0.3, -0.25) is 5.10 Å². The normalized spacial score (nSPS) is 17.6. The highest BCUT2D eigenvalue weighted by Crippen LogP contribution is 2.37. The van der Waals surface area contributed by atoms with E-state index in [1.807, 2.05) is 24.4 Å². The lowest BCUT2D eigenvalue weighted by atomic mass is 9.82. The molecule has 96 valence electrons. The molecule has 0 radical (unpaired) electrons. The van der Waals surface area contributed by atoms with Crippen LogP contribution in [-0.2, 0) is 6.42 Å². The van der Waals surface area contributed by atoms with Crippen molar-refractivity contribution in [1.82, 2.24) is 10.2 Å². The number of aryl methyl sites for hydroxylation is 1. The first-order chi connectivity index (χ1) is 9.33. The molecule has 0 saturated carbocycles. The standard InChI is InChI=1S/C15H15N3O/c1-19-15-7-10(5-6-11(15)8-16)12-3-2-4-14-13(12)9-17-18-14/h5-7,9,12H,2-4H2,1H3,(H,17,18). The Hall–Kier alpha value is -2.28. The quantitative estimate of drug-likeness (QED) is 0.895. The SMILES string of the molecule is COc1cc(C2CCCc3[nH]ncc32)ccc1C#N. The van der Waals surface area contributed by atoms with E-state index in [1.54, 1.807) is 7.11 Å². The van der Waals surface area contributed by atoms with Crippen LogP contribution >= 0.6 is 0 Å². The highest BCUT2D eigenvalue weighted by atomic mass is 16.5. The molecule has 3 rings (SSSR count). The van der Waals surface area contributed by atoms with E-state index in [9.17, 15) is 0 Å². The van der Waals surface area contributed by atoms with E-state index in [1.165, 1.54) is 16.8 Å². The molecule has 1 atom stereocenters. The van der Waals surface area contributed by atoms with E-state index in [4.69, 9.17) is 10.00 Å². The van der Waals surface area contributed by atoms with E-state index in [0.717, 1.165) is 19.3 Å². The van der Waals surface area contributed by atoms with Gasteiger partial charge in [-0.15, -0.1) is 0 Å². The minimum Gasteiger partial charge on any atom is -0.495 e. The highest BCUT2D eigenvalue weighted by Gasteiger charge is 2.24. The van der Waals surface area contributed by atoms with Gasteiger partial charge in [0.2, 0.25) is 0 Å². The molecule has 19 heavy (non-hydrogen) atoms. The Labute approximate surface area is 112 Å². The predicted molar refractivity (Wildman–Crippen MR) is 71.1 cm³/mol. The summed E-state index contributed by atoms with van der Waals surface area (Å²) in [6.45, 7) is 0. The first-order valence-corrected chi connectivity index (χ1v) is 6.43. The van der Waals surface area contributed by atoms with Crippen LogP contribution in [0.3, 0.4) is 0 Å². The average Bonchev–Trinajstić information content (AvgIpc) is 2.94. The fraction of sp³-hybridized carbons (Fsp3) is 0.333. The largest absolute Gasteiger partial charge is 0.495 e. The summed E-state index contributed by atoms with van der Waals surface area (Å²) in [5.41, 5.74) is 4.28. The molecule has 0 fully saturated rings. The van der Waals surface area contributed by atoms with Crippen LogP contribution in [0.15, 0.2) is 24.4 Å². The van der Waals surface area contributed by atoms with Crippen LogP contribution < -0.4 is 4.74 Å². The number of aromatic amines is 1. The van der Waals surface area contributed by atoms with Crippen molar-refractivity contribution in [2.45, 2.75) is 25.2 Å². The van der Waals surface area contributed by atoms with Crippen molar-refractivity contribution in [1.29, 1.82) is 5.26 Å². The molecule has 4 nitrogen and oxygen atoms in total. The van der Waals surface area contributed by atoms with Gasteiger partial charge < -0.3 is 4.74 Å². The monoisotopic (exact) mass is 253 g/mol. The molecule has 1 aliphatic rings. The number of rotatable bonds is 2. The number of H-pyrrole nitrogens is 1. The Bertz CT molecular complexity index is 639. The third-order valence-electron chi connectivity index (χ3n) is 3.79. The molecule has 2 aromatic rings. The van der Waals surface area contributed by atoms with Crippen LogP contribution in [0, 0.1) is 11.3 Å². The Morgan fingerprint density at radius 2 is 2.37 bits per heavy atom. The van der Waals surface area contributed by atoms with Crippen LogP contribution in [0.5, 0.6) is 5.75 Å². The fourth-order valence-electron chi connectivity index (χ4n) is 2.82. The van der Waals surface area contributed by atoms with Gasteiger partial charge in [-0.05, 0) is 37.0 Å². The second-order valence-corrected chi connectivity index (χ2v) is 4.82. The van der Waals surface area contributed by atoms with Gasteiger partial charge in [0.1, 0.15) is 11.8 Å². The smallest absolute Gasteiger partial charge is 0.136 e. The highest BCUT2D eigenvalue weighted by molar-refractivity contribution is 5.48. The van der Waals surface area contributed by atoms with Crippen LogP contribution in [0.2, 0.25) is 0 Å². The molecule has 0 bridgehead atoms. The number of nitrogens with one attached hydrogen (secondary N) is 1. The van der Waals surface area contributed by atoms with Gasteiger partial charge >= 0.3 is 0 Å². The first-order valence-electron chi connectivity index (χ1n) is 6.43. The number of ether oxygens (including phenoxy) is 1. The lowest BCUT2D eigenvalue weighted by Gasteiger charge is -2.22. The van der Waals surface area contributed by atoms with E-state index < -0.39 is 0 Å². The minimum absolute atomic E-state index is 0.351. The van der Waals surface area contributed by atoms with E-state index >= 15 is 0 Å². The number of nitrogens with zero attached hydrogens (tertiary/aromatic N) is 2. The average molecular weight is 253 g/mol.